The SMILES string of the molecule is CCOc1cc(C[NH+]2CC[NH+](Cc3c[nH]c4ccccc34)CC2)ccc1OC. The minimum atomic E-state index is 0.655. The molecule has 0 unspecified atom stereocenters. The van der Waals surface area contributed by atoms with Crippen LogP contribution in [-0.4, -0.2) is 44.9 Å². The minimum absolute atomic E-state index is 0.655. The number of H-pyrrole nitrogens is 1. The highest BCUT2D eigenvalue weighted by molar-refractivity contribution is 5.82. The van der Waals surface area contributed by atoms with Crippen LogP contribution in [0.2, 0.25) is 0 Å². The number of piperazine rings is 1. The maximum absolute atomic E-state index is 5.73. The lowest BCUT2D eigenvalue weighted by molar-refractivity contribution is -1.02. The molecule has 0 saturated carbocycles. The monoisotopic (exact) mass is 381 g/mol. The number of nitrogens with one attached hydrogen (secondary N) is 3. The van der Waals surface area contributed by atoms with Crippen LogP contribution in [0.3, 0.4) is 0 Å². The topological polar surface area (TPSA) is 43.1 Å². The zero-order valence-corrected chi connectivity index (χ0v) is 16.9. The van der Waals surface area contributed by atoms with Crippen LogP contribution in [0.4, 0.5) is 0 Å². The van der Waals surface area contributed by atoms with Gasteiger partial charge in [-0.05, 0) is 31.2 Å². The van der Waals surface area contributed by atoms with Gasteiger partial charge in [-0.15, -0.1) is 0 Å². The molecule has 0 bridgehead atoms. The number of hydrogen-bond donors (Lipinski definition) is 3. The third-order valence-electron chi connectivity index (χ3n) is 5.76. The van der Waals surface area contributed by atoms with Crippen molar-refractivity contribution in [1.82, 2.24) is 4.98 Å². The molecule has 5 heteroatoms. The van der Waals surface area contributed by atoms with Crippen molar-refractivity contribution in [2.45, 2.75) is 20.0 Å². The molecule has 28 heavy (non-hydrogen) atoms. The number of rotatable bonds is 7. The largest absolute Gasteiger partial charge is 0.493 e. The smallest absolute Gasteiger partial charge is 0.161 e. The summed E-state index contributed by atoms with van der Waals surface area (Å²) < 4.78 is 11.1. The second kappa shape index (κ2) is 8.67. The van der Waals surface area contributed by atoms with Crippen molar-refractivity contribution < 1.29 is 19.3 Å². The number of ether oxygens (including phenoxy) is 2. The third kappa shape index (κ3) is 4.16. The Labute approximate surface area is 166 Å². The summed E-state index contributed by atoms with van der Waals surface area (Å²) in [5.74, 6) is 1.67. The summed E-state index contributed by atoms with van der Waals surface area (Å²) in [6.45, 7) is 9.64. The Balaban J connectivity index is 1.33. The number of hydrogen-bond acceptors (Lipinski definition) is 2. The summed E-state index contributed by atoms with van der Waals surface area (Å²) in [4.78, 5) is 6.73. The normalized spacial score (nSPS) is 19.6. The van der Waals surface area contributed by atoms with E-state index in [9.17, 15) is 0 Å². The zero-order valence-electron chi connectivity index (χ0n) is 16.9. The molecule has 148 valence electrons. The van der Waals surface area contributed by atoms with Crippen LogP contribution >= 0.6 is 0 Å². The molecule has 0 atom stereocenters. The van der Waals surface area contributed by atoms with E-state index in [2.05, 4.69) is 47.6 Å². The summed E-state index contributed by atoms with van der Waals surface area (Å²) in [6.07, 6.45) is 2.18. The van der Waals surface area contributed by atoms with E-state index >= 15 is 0 Å². The predicted molar refractivity (Wildman–Crippen MR) is 111 cm³/mol. The lowest BCUT2D eigenvalue weighted by atomic mass is 10.1. The molecule has 0 amide bonds. The summed E-state index contributed by atoms with van der Waals surface area (Å²) in [5, 5.41) is 1.37. The Morgan fingerprint density at radius 3 is 2.43 bits per heavy atom. The van der Waals surface area contributed by atoms with Crippen LogP contribution in [0, 0.1) is 0 Å². The molecule has 2 aromatic carbocycles. The van der Waals surface area contributed by atoms with Crippen LogP contribution in [-0.2, 0) is 13.1 Å². The van der Waals surface area contributed by atoms with Gasteiger partial charge in [-0.1, -0.05) is 18.2 Å². The number of quaternary nitrogens is 2. The first-order valence-corrected chi connectivity index (χ1v) is 10.3. The van der Waals surface area contributed by atoms with Crippen LogP contribution in [0.15, 0.2) is 48.7 Å². The first-order chi connectivity index (χ1) is 13.8. The number of aromatic nitrogens is 1. The fourth-order valence-corrected chi connectivity index (χ4v) is 4.25. The Hall–Kier alpha value is -2.50. The maximum atomic E-state index is 5.73. The standard InChI is InChI=1S/C23H29N3O2/c1-3-28-23-14-18(8-9-22(23)27-2)16-25-10-12-26(13-11-25)17-19-15-24-21-7-5-4-6-20(19)21/h4-9,14-15,24H,3,10-13,16-17H2,1-2H3/p+2. The van der Waals surface area contributed by atoms with Gasteiger partial charge in [-0.25, -0.2) is 0 Å². The number of benzene rings is 2. The highest BCUT2D eigenvalue weighted by atomic mass is 16.5. The van der Waals surface area contributed by atoms with Crippen molar-refractivity contribution in [3.05, 3.63) is 59.8 Å². The van der Waals surface area contributed by atoms with Gasteiger partial charge in [0.15, 0.2) is 11.5 Å². The van der Waals surface area contributed by atoms with Crippen molar-refractivity contribution in [2.24, 2.45) is 0 Å². The van der Waals surface area contributed by atoms with Crippen LogP contribution < -0.4 is 19.3 Å². The van der Waals surface area contributed by atoms with E-state index in [0.29, 0.717) is 6.61 Å². The van der Waals surface area contributed by atoms with Gasteiger partial charge in [-0.3, -0.25) is 0 Å². The van der Waals surface area contributed by atoms with Crippen LogP contribution in [0.5, 0.6) is 11.5 Å². The average Bonchev–Trinajstić information content (AvgIpc) is 3.13. The molecule has 0 spiro atoms. The number of para-hydroxylation sites is 1. The van der Waals surface area contributed by atoms with E-state index in [1.807, 2.05) is 13.0 Å². The second-order valence-electron chi connectivity index (χ2n) is 7.63. The molecule has 5 nitrogen and oxygen atoms in total. The molecule has 3 N–H and O–H groups in total. The third-order valence-corrected chi connectivity index (χ3v) is 5.76. The minimum Gasteiger partial charge on any atom is -0.493 e. The maximum Gasteiger partial charge on any atom is 0.161 e. The summed E-state index contributed by atoms with van der Waals surface area (Å²) in [5.41, 5.74) is 4.00. The fourth-order valence-electron chi connectivity index (χ4n) is 4.25. The number of fused-ring (bicyclic) bond motifs is 1. The van der Waals surface area contributed by atoms with Gasteiger partial charge in [0.05, 0.1) is 13.7 Å². The number of methoxy groups -OCH3 is 1. The summed E-state index contributed by atoms with van der Waals surface area (Å²) in [7, 11) is 1.69. The van der Waals surface area contributed by atoms with Gasteiger partial charge < -0.3 is 24.3 Å². The van der Waals surface area contributed by atoms with E-state index in [1.165, 1.54) is 48.2 Å². The van der Waals surface area contributed by atoms with E-state index < -0.39 is 0 Å². The summed E-state index contributed by atoms with van der Waals surface area (Å²) in [6, 6.07) is 14.9. The molecule has 0 aliphatic carbocycles. The van der Waals surface area contributed by atoms with Crippen molar-refractivity contribution in [1.29, 1.82) is 0 Å². The highest BCUT2D eigenvalue weighted by Crippen LogP contribution is 2.27. The summed E-state index contributed by atoms with van der Waals surface area (Å²) >= 11 is 0. The molecule has 1 saturated heterocycles. The lowest BCUT2D eigenvalue weighted by Crippen LogP contribution is -3.27. The van der Waals surface area contributed by atoms with Gasteiger partial charge in [0.2, 0.25) is 0 Å². The van der Waals surface area contributed by atoms with Gasteiger partial charge in [0, 0.05) is 28.2 Å². The number of aromatic amines is 1. The van der Waals surface area contributed by atoms with Gasteiger partial charge >= 0.3 is 0 Å². The predicted octanol–water partition coefficient (Wildman–Crippen LogP) is 1.06. The first kappa shape index (κ1) is 18.8. The van der Waals surface area contributed by atoms with Gasteiger partial charge in [0.1, 0.15) is 39.3 Å². The highest BCUT2D eigenvalue weighted by Gasteiger charge is 2.24. The molecule has 1 aromatic heterocycles. The second-order valence-corrected chi connectivity index (χ2v) is 7.63. The Morgan fingerprint density at radius 2 is 1.68 bits per heavy atom. The molecular formula is C23H31N3O2+2. The first-order valence-electron chi connectivity index (χ1n) is 10.3. The molecule has 1 fully saturated rings. The lowest BCUT2D eigenvalue weighted by Gasteiger charge is -2.29. The van der Waals surface area contributed by atoms with E-state index in [0.717, 1.165) is 24.6 Å². The zero-order chi connectivity index (χ0) is 19.3. The van der Waals surface area contributed by atoms with E-state index in [-0.39, 0.29) is 0 Å². The molecule has 4 rings (SSSR count). The molecule has 3 aromatic rings. The van der Waals surface area contributed by atoms with Crippen molar-refractivity contribution >= 4 is 10.9 Å². The Bertz CT molecular complexity index is 913. The fraction of sp³-hybridized carbons (Fsp3) is 0.391. The molecule has 1 aliphatic rings. The van der Waals surface area contributed by atoms with Crippen LogP contribution in [0.25, 0.3) is 10.9 Å². The Kier molecular flexibility index (Phi) is 5.84. The van der Waals surface area contributed by atoms with Crippen molar-refractivity contribution in [3.8, 4) is 11.5 Å². The van der Waals surface area contributed by atoms with Crippen LogP contribution in [0.1, 0.15) is 18.1 Å². The Morgan fingerprint density at radius 1 is 0.929 bits per heavy atom. The van der Waals surface area contributed by atoms with Crippen molar-refractivity contribution in [3.63, 3.8) is 0 Å². The average molecular weight is 382 g/mol. The van der Waals surface area contributed by atoms with Gasteiger partial charge in [-0.2, -0.15) is 0 Å². The van der Waals surface area contributed by atoms with E-state index in [4.69, 9.17) is 9.47 Å². The molecular weight excluding hydrogens is 350 g/mol. The molecule has 0 radical (unpaired) electrons. The van der Waals surface area contributed by atoms with Gasteiger partial charge in [0.25, 0.3) is 0 Å². The molecule has 1 aliphatic heterocycles. The van der Waals surface area contributed by atoms with E-state index in [1.54, 1.807) is 16.9 Å². The van der Waals surface area contributed by atoms with Crippen molar-refractivity contribution in [2.75, 3.05) is 39.9 Å². The molecule has 2 heterocycles. The quantitative estimate of drug-likeness (QED) is 0.573.